The molecule has 2 heterocycles. The fraction of sp³-hybridized carbons (Fsp3) is 0.476. The summed E-state index contributed by atoms with van der Waals surface area (Å²) in [7, 11) is 0. The summed E-state index contributed by atoms with van der Waals surface area (Å²) in [4.78, 5) is 24.4. The lowest BCUT2D eigenvalue weighted by Crippen LogP contribution is -2.52. The third-order valence-corrected chi connectivity index (χ3v) is 5.45. The quantitative estimate of drug-likeness (QED) is 0.425. The van der Waals surface area contributed by atoms with Crippen molar-refractivity contribution >= 4 is 35.0 Å². The summed E-state index contributed by atoms with van der Waals surface area (Å²) < 4.78 is 11.0. The zero-order valence-electron chi connectivity index (χ0n) is 18.0. The topological polar surface area (TPSA) is 138 Å². The number of rotatable bonds is 7. The van der Waals surface area contributed by atoms with Crippen molar-refractivity contribution in [3.8, 4) is 0 Å². The van der Waals surface area contributed by atoms with Gasteiger partial charge in [-0.25, -0.2) is 9.59 Å². The van der Waals surface area contributed by atoms with Gasteiger partial charge in [0.25, 0.3) is 0 Å². The lowest BCUT2D eigenvalue weighted by molar-refractivity contribution is -0.0885. The molecule has 1 aromatic carbocycles. The Labute approximate surface area is 191 Å². The van der Waals surface area contributed by atoms with Crippen molar-refractivity contribution in [2.24, 2.45) is 0 Å². The van der Waals surface area contributed by atoms with Crippen molar-refractivity contribution in [1.29, 1.82) is 0 Å². The minimum atomic E-state index is -0.532. The molecule has 5 N–H and O–H groups in total. The van der Waals surface area contributed by atoms with Gasteiger partial charge in [0.2, 0.25) is 0 Å². The molecule has 0 radical (unpaired) electrons. The highest BCUT2D eigenvalue weighted by atomic mass is 35.5. The molecule has 1 aromatic heterocycles. The molecule has 1 saturated heterocycles. The third-order valence-electron chi connectivity index (χ3n) is 5.22. The van der Waals surface area contributed by atoms with Crippen LogP contribution >= 0.6 is 11.6 Å². The first-order valence-electron chi connectivity index (χ1n) is 10.4. The summed E-state index contributed by atoms with van der Waals surface area (Å²) >= 11 is 5.93. The predicted molar refractivity (Wildman–Crippen MR) is 120 cm³/mol. The number of hydrogen-bond acceptors (Lipinski definition) is 6. The van der Waals surface area contributed by atoms with Crippen molar-refractivity contribution in [3.05, 3.63) is 40.7 Å². The van der Waals surface area contributed by atoms with Crippen LogP contribution in [0.2, 0.25) is 5.02 Å². The van der Waals surface area contributed by atoms with E-state index in [1.807, 2.05) is 0 Å². The molecule has 174 valence electrons. The lowest BCUT2D eigenvalue weighted by atomic mass is 9.97. The number of amides is 4. The molecule has 2 aromatic rings. The Balaban J connectivity index is 1.41. The van der Waals surface area contributed by atoms with E-state index in [0.29, 0.717) is 53.7 Å². The molecule has 32 heavy (non-hydrogen) atoms. The van der Waals surface area contributed by atoms with Gasteiger partial charge in [0.05, 0.1) is 18.8 Å². The van der Waals surface area contributed by atoms with Crippen molar-refractivity contribution in [2.45, 2.75) is 51.4 Å². The van der Waals surface area contributed by atoms with Gasteiger partial charge in [-0.2, -0.15) is 0 Å². The molecule has 0 saturated carbocycles. The number of nitrogens with zero attached hydrogens (tertiary/aromatic N) is 1. The standard InChI is InChI=1S/C21H28ClN5O5/c1-12-19(13(2)32-27-12)26-20(29)23-9-8-16-6-7-17(18(11-28)31-16)25-21(30)24-15-5-3-4-14(22)10-15/h3-5,10,16-18,28H,6-9,11H2,1-2H3,(H2,23,26,29)(H2,24,25,30)/t16-,17+,18+/m0/s1. The van der Waals surface area contributed by atoms with Crippen LogP contribution < -0.4 is 21.3 Å². The summed E-state index contributed by atoms with van der Waals surface area (Å²) in [6, 6.07) is 5.76. The Bertz CT molecular complexity index is 918. The predicted octanol–water partition coefficient (Wildman–Crippen LogP) is 3.19. The molecule has 11 heteroatoms. The number of ether oxygens (including phenoxy) is 1. The van der Waals surface area contributed by atoms with Gasteiger partial charge in [0.15, 0.2) is 5.76 Å². The SMILES string of the molecule is Cc1noc(C)c1NC(=O)NCC[C@@H]1CC[C@@H](NC(=O)Nc2cccc(Cl)c2)[C@@H](CO)O1. The molecule has 0 spiro atoms. The van der Waals surface area contributed by atoms with Crippen LogP contribution in [0, 0.1) is 13.8 Å². The Morgan fingerprint density at radius 1 is 1.22 bits per heavy atom. The summed E-state index contributed by atoms with van der Waals surface area (Å²) in [6.07, 6.45) is 1.23. The van der Waals surface area contributed by atoms with Crippen LogP contribution in [0.3, 0.4) is 0 Å². The first-order valence-corrected chi connectivity index (χ1v) is 10.8. The highest BCUT2D eigenvalue weighted by Crippen LogP contribution is 2.22. The van der Waals surface area contributed by atoms with Gasteiger partial charge >= 0.3 is 12.1 Å². The number of aryl methyl sites for hydroxylation is 2. The second kappa shape index (κ2) is 11.2. The molecule has 1 aliphatic heterocycles. The number of carbonyl (C=O) groups is 2. The molecule has 0 unspecified atom stereocenters. The van der Waals surface area contributed by atoms with Crippen LogP contribution in [-0.4, -0.2) is 53.7 Å². The number of nitrogens with one attached hydrogen (secondary N) is 4. The number of urea groups is 2. The highest BCUT2D eigenvalue weighted by molar-refractivity contribution is 6.30. The van der Waals surface area contributed by atoms with Gasteiger partial charge in [-0.1, -0.05) is 22.8 Å². The number of aromatic nitrogens is 1. The number of benzene rings is 1. The monoisotopic (exact) mass is 465 g/mol. The average molecular weight is 466 g/mol. The Hall–Kier alpha value is -2.82. The summed E-state index contributed by atoms with van der Waals surface area (Å²) in [5.41, 5.74) is 1.74. The Morgan fingerprint density at radius 2 is 2.03 bits per heavy atom. The minimum absolute atomic E-state index is 0.138. The zero-order chi connectivity index (χ0) is 23.1. The molecule has 3 rings (SSSR count). The van der Waals surface area contributed by atoms with Gasteiger partial charge in [0.1, 0.15) is 17.5 Å². The van der Waals surface area contributed by atoms with E-state index in [-0.39, 0.29) is 24.8 Å². The van der Waals surface area contributed by atoms with Crippen LogP contribution in [0.25, 0.3) is 0 Å². The minimum Gasteiger partial charge on any atom is -0.394 e. The first kappa shape index (κ1) is 23.8. The smallest absolute Gasteiger partial charge is 0.319 e. The first-order chi connectivity index (χ1) is 15.4. The molecule has 1 aliphatic rings. The number of anilines is 2. The fourth-order valence-electron chi connectivity index (χ4n) is 3.58. The maximum Gasteiger partial charge on any atom is 0.319 e. The van der Waals surface area contributed by atoms with E-state index >= 15 is 0 Å². The summed E-state index contributed by atoms with van der Waals surface area (Å²) in [6.45, 7) is 3.64. The molecule has 3 atom stereocenters. The maximum atomic E-state index is 12.3. The second-order valence-electron chi connectivity index (χ2n) is 7.64. The van der Waals surface area contributed by atoms with Crippen LogP contribution in [0.4, 0.5) is 21.0 Å². The van der Waals surface area contributed by atoms with Crippen LogP contribution in [0.1, 0.15) is 30.7 Å². The zero-order valence-corrected chi connectivity index (χ0v) is 18.7. The van der Waals surface area contributed by atoms with Crippen molar-refractivity contribution in [3.63, 3.8) is 0 Å². The fourth-order valence-corrected chi connectivity index (χ4v) is 3.77. The van der Waals surface area contributed by atoms with Crippen molar-refractivity contribution in [1.82, 2.24) is 15.8 Å². The number of carbonyl (C=O) groups excluding carboxylic acids is 2. The normalized spacial score (nSPS) is 20.4. The van der Waals surface area contributed by atoms with E-state index in [2.05, 4.69) is 26.4 Å². The molecule has 0 bridgehead atoms. The molecular formula is C21H28ClN5O5. The average Bonchev–Trinajstić information content (AvgIpc) is 3.06. The van der Waals surface area contributed by atoms with Crippen LogP contribution in [0.5, 0.6) is 0 Å². The van der Waals surface area contributed by atoms with Gasteiger partial charge in [0, 0.05) is 17.3 Å². The Kier molecular flexibility index (Phi) is 8.32. The number of aliphatic hydroxyl groups excluding tert-OH is 1. The van der Waals surface area contributed by atoms with E-state index < -0.39 is 12.1 Å². The molecular weight excluding hydrogens is 438 g/mol. The van der Waals surface area contributed by atoms with Crippen LogP contribution in [0.15, 0.2) is 28.8 Å². The van der Waals surface area contributed by atoms with E-state index in [0.717, 1.165) is 0 Å². The maximum absolute atomic E-state index is 12.3. The van der Waals surface area contributed by atoms with Crippen LogP contribution in [-0.2, 0) is 4.74 Å². The van der Waals surface area contributed by atoms with Gasteiger partial charge in [-0.3, -0.25) is 0 Å². The van der Waals surface area contributed by atoms with E-state index in [4.69, 9.17) is 20.9 Å². The van der Waals surface area contributed by atoms with Crippen molar-refractivity contribution in [2.75, 3.05) is 23.8 Å². The number of hydrogen-bond donors (Lipinski definition) is 5. The number of aliphatic hydroxyl groups is 1. The van der Waals surface area contributed by atoms with Gasteiger partial charge < -0.3 is 35.6 Å². The van der Waals surface area contributed by atoms with E-state index in [1.165, 1.54) is 0 Å². The van der Waals surface area contributed by atoms with Gasteiger partial charge in [-0.15, -0.1) is 0 Å². The van der Waals surface area contributed by atoms with Gasteiger partial charge in [-0.05, 0) is 51.3 Å². The second-order valence-corrected chi connectivity index (χ2v) is 8.08. The highest BCUT2D eigenvalue weighted by Gasteiger charge is 2.31. The summed E-state index contributed by atoms with van der Waals surface area (Å²) in [5.74, 6) is 0.539. The largest absolute Gasteiger partial charge is 0.394 e. The summed E-state index contributed by atoms with van der Waals surface area (Å²) in [5, 5.41) is 25.1. The third kappa shape index (κ3) is 6.59. The van der Waals surface area contributed by atoms with Crippen molar-refractivity contribution < 1.29 is 24.0 Å². The molecule has 0 aliphatic carbocycles. The lowest BCUT2D eigenvalue weighted by Gasteiger charge is -2.36. The molecule has 4 amide bonds. The van der Waals surface area contributed by atoms with E-state index in [9.17, 15) is 14.7 Å². The molecule has 1 fully saturated rings. The van der Waals surface area contributed by atoms with E-state index in [1.54, 1.807) is 38.1 Å². The molecule has 10 nitrogen and oxygen atoms in total. The Morgan fingerprint density at radius 3 is 2.72 bits per heavy atom. The number of halogens is 1.